The lowest BCUT2D eigenvalue weighted by molar-refractivity contribution is -0.122. The van der Waals surface area contributed by atoms with Gasteiger partial charge in [0.25, 0.3) is 0 Å². The Morgan fingerprint density at radius 2 is 1.67 bits per heavy atom. The number of nitrogens with one attached hydrogen (secondary N) is 1. The molecule has 8 rings (SSSR count). The van der Waals surface area contributed by atoms with Crippen molar-refractivity contribution >= 4 is 40.2 Å². The number of carbonyl (C=O) groups is 3. The van der Waals surface area contributed by atoms with Gasteiger partial charge in [0.1, 0.15) is 22.8 Å². The fourth-order valence-electron chi connectivity index (χ4n) is 7.59. The number of amides is 1. The van der Waals surface area contributed by atoms with Crippen molar-refractivity contribution in [1.29, 1.82) is 0 Å². The van der Waals surface area contributed by atoms with Gasteiger partial charge in [-0.15, -0.1) is 0 Å². The third kappa shape index (κ3) is 3.86. The Bertz CT molecular complexity index is 2010. The topological polar surface area (TPSA) is 88.9 Å². The number of nitrogens with zero attached hydrogens (tertiary/aromatic N) is 1. The summed E-state index contributed by atoms with van der Waals surface area (Å²) in [4.78, 5) is 46.7. The number of rotatable bonds is 7. The Morgan fingerprint density at radius 1 is 0.911 bits per heavy atom. The van der Waals surface area contributed by atoms with Crippen LogP contribution < -0.4 is 10.1 Å². The highest BCUT2D eigenvalue weighted by atomic mass is 16.5. The van der Waals surface area contributed by atoms with E-state index in [1.807, 2.05) is 96.9 Å². The van der Waals surface area contributed by atoms with Gasteiger partial charge in [-0.25, -0.2) is 0 Å². The van der Waals surface area contributed by atoms with Crippen LogP contribution in [0, 0.1) is 5.92 Å². The highest BCUT2D eigenvalue weighted by molar-refractivity contribution is 6.17. The van der Waals surface area contributed by atoms with Crippen LogP contribution in [0.3, 0.4) is 0 Å². The summed E-state index contributed by atoms with van der Waals surface area (Å²) in [5, 5.41) is 3.86. The van der Waals surface area contributed by atoms with Gasteiger partial charge in [-0.3, -0.25) is 14.4 Å². The van der Waals surface area contributed by atoms with E-state index in [9.17, 15) is 4.79 Å². The van der Waals surface area contributed by atoms with Gasteiger partial charge >= 0.3 is 0 Å². The molecule has 1 saturated heterocycles. The molecule has 0 aliphatic carbocycles. The molecule has 7 nitrogen and oxygen atoms in total. The molecule has 7 heteroatoms. The third-order valence-electron chi connectivity index (χ3n) is 9.40. The van der Waals surface area contributed by atoms with Gasteiger partial charge in [-0.1, -0.05) is 79.7 Å². The molecule has 3 aliphatic heterocycles. The van der Waals surface area contributed by atoms with E-state index in [0.29, 0.717) is 34.8 Å². The van der Waals surface area contributed by atoms with Crippen LogP contribution in [0.1, 0.15) is 57.0 Å². The molecule has 0 saturated carbocycles. The molecule has 45 heavy (non-hydrogen) atoms. The Morgan fingerprint density at radius 3 is 2.53 bits per heavy atom. The van der Waals surface area contributed by atoms with E-state index in [1.165, 1.54) is 0 Å². The molecule has 1 aromatic heterocycles. The number of ketones is 2. The van der Waals surface area contributed by atoms with E-state index in [1.54, 1.807) is 30.3 Å². The van der Waals surface area contributed by atoms with Gasteiger partial charge in [0.2, 0.25) is 11.7 Å². The lowest BCUT2D eigenvalue weighted by Crippen LogP contribution is -2.49. The van der Waals surface area contributed by atoms with Crippen molar-refractivity contribution < 1.29 is 23.5 Å². The van der Waals surface area contributed by atoms with Crippen LogP contribution in [0.2, 0.25) is 0 Å². The predicted molar refractivity (Wildman–Crippen MR) is 171 cm³/mol. The van der Waals surface area contributed by atoms with Gasteiger partial charge in [-0.05, 0) is 59.5 Å². The lowest BCUT2D eigenvalue weighted by atomic mass is 9.63. The monoisotopic (exact) mass is 594 g/mol. The highest BCUT2D eigenvalue weighted by Gasteiger charge is 2.71. The van der Waals surface area contributed by atoms with Crippen LogP contribution in [0.25, 0.3) is 17.0 Å². The molecule has 1 N–H and O–H groups in total. The number of carbonyl (C=O) groups excluding carboxylic acids is 3. The van der Waals surface area contributed by atoms with Crippen LogP contribution in [-0.2, 0) is 10.2 Å². The third-order valence-corrected chi connectivity index (χ3v) is 9.40. The summed E-state index contributed by atoms with van der Waals surface area (Å²) in [6, 6.07) is 29.9. The number of ether oxygens (including phenoxy) is 1. The van der Waals surface area contributed by atoms with Crippen molar-refractivity contribution in [2.75, 3.05) is 11.9 Å². The first-order valence-corrected chi connectivity index (χ1v) is 15.3. The second kappa shape index (κ2) is 10.3. The molecule has 1 fully saturated rings. The predicted octanol–water partition coefficient (Wildman–Crippen LogP) is 7.20. The van der Waals surface area contributed by atoms with Gasteiger partial charge in [-0.2, -0.15) is 0 Å². The summed E-state index contributed by atoms with van der Waals surface area (Å²) in [5.41, 5.74) is 2.63. The zero-order valence-corrected chi connectivity index (χ0v) is 24.6. The molecule has 0 radical (unpaired) electrons. The summed E-state index contributed by atoms with van der Waals surface area (Å²) >= 11 is 0. The average Bonchev–Trinajstić information content (AvgIpc) is 3.74. The SMILES string of the molecule is CCCOc1ccccc1C(=O)[C@@H]1[C@@H](C(=O)c2cc3ccccc3o2)[C@]2(C(=O)Nc3ccccc32)[C@H]2c3ccccc3C=CN12. The zero-order chi connectivity index (χ0) is 30.7. The molecule has 0 bridgehead atoms. The first-order chi connectivity index (χ1) is 22.0. The summed E-state index contributed by atoms with van der Waals surface area (Å²) in [6.45, 7) is 2.44. The molecule has 4 aromatic carbocycles. The zero-order valence-electron chi connectivity index (χ0n) is 24.6. The number of furan rings is 1. The van der Waals surface area contributed by atoms with Crippen LogP contribution >= 0.6 is 0 Å². The minimum absolute atomic E-state index is 0.114. The molecular formula is C38H30N2O5. The normalized spacial score (nSPS) is 22.6. The maximum absolute atomic E-state index is 15.1. The standard InChI is InChI=1S/C38H30N2O5/c1-2-21-44-30-18-10-6-14-26(30)34(41)33-32(35(42)31-22-24-12-4-9-17-29(24)45-31)38(27-15-7-8-16-28(27)39-37(38)43)36-25-13-5-3-11-23(25)19-20-40(33)36/h3-20,22,32-33,36H,2,21H2,1H3,(H,39,43)/t32-,33-,36+,38-/m0/s1. The molecule has 4 heterocycles. The number of hydrogen-bond acceptors (Lipinski definition) is 6. The number of Topliss-reactive ketones (excluding diaryl/α,β-unsaturated/α-hetero) is 2. The Kier molecular flexibility index (Phi) is 6.24. The molecule has 1 spiro atoms. The maximum atomic E-state index is 15.1. The average molecular weight is 595 g/mol. The number of para-hydroxylation sites is 3. The summed E-state index contributed by atoms with van der Waals surface area (Å²) < 4.78 is 12.2. The molecule has 222 valence electrons. The number of benzene rings is 4. The van der Waals surface area contributed by atoms with Crippen LogP contribution in [-0.4, -0.2) is 35.0 Å². The first-order valence-electron chi connectivity index (χ1n) is 15.3. The number of hydrogen-bond donors (Lipinski definition) is 1. The Labute approximate surface area is 260 Å². The fraction of sp³-hybridized carbons (Fsp3) is 0.184. The van der Waals surface area contributed by atoms with Crippen molar-refractivity contribution in [1.82, 2.24) is 4.90 Å². The van der Waals surface area contributed by atoms with E-state index in [2.05, 4.69) is 5.32 Å². The van der Waals surface area contributed by atoms with Crippen LogP contribution in [0.5, 0.6) is 5.75 Å². The smallest absolute Gasteiger partial charge is 0.238 e. The number of fused-ring (bicyclic) bond motifs is 7. The van der Waals surface area contributed by atoms with Crippen molar-refractivity contribution in [3.63, 3.8) is 0 Å². The van der Waals surface area contributed by atoms with E-state index in [-0.39, 0.29) is 17.5 Å². The van der Waals surface area contributed by atoms with Gasteiger partial charge in [0.15, 0.2) is 11.5 Å². The molecule has 4 atom stereocenters. The Balaban J connectivity index is 1.41. The van der Waals surface area contributed by atoms with Gasteiger partial charge in [0.05, 0.1) is 24.1 Å². The molecule has 0 unspecified atom stereocenters. The summed E-state index contributed by atoms with van der Waals surface area (Å²) in [7, 11) is 0. The molecule has 5 aromatic rings. The van der Waals surface area contributed by atoms with Crippen LogP contribution in [0.15, 0.2) is 114 Å². The van der Waals surface area contributed by atoms with E-state index in [4.69, 9.17) is 9.15 Å². The minimum Gasteiger partial charge on any atom is -0.493 e. The summed E-state index contributed by atoms with van der Waals surface area (Å²) in [6.07, 6.45) is 4.59. The van der Waals surface area contributed by atoms with Gasteiger partial charge in [0, 0.05) is 17.3 Å². The lowest BCUT2D eigenvalue weighted by Gasteiger charge is -2.38. The largest absolute Gasteiger partial charge is 0.493 e. The van der Waals surface area contributed by atoms with E-state index >= 15 is 9.59 Å². The second-order valence-electron chi connectivity index (χ2n) is 11.8. The maximum Gasteiger partial charge on any atom is 0.238 e. The number of anilines is 1. The van der Waals surface area contributed by atoms with Crippen molar-refractivity contribution in [3.8, 4) is 5.75 Å². The molecule has 3 aliphatic rings. The molecule has 1 amide bonds. The first kappa shape index (κ1) is 27.1. The van der Waals surface area contributed by atoms with Crippen molar-refractivity contribution in [3.05, 3.63) is 137 Å². The summed E-state index contributed by atoms with van der Waals surface area (Å²) in [5.74, 6) is -1.57. The quantitative estimate of drug-likeness (QED) is 0.201. The van der Waals surface area contributed by atoms with E-state index in [0.717, 1.165) is 22.9 Å². The second-order valence-corrected chi connectivity index (χ2v) is 11.8. The minimum atomic E-state index is -1.44. The van der Waals surface area contributed by atoms with Crippen molar-refractivity contribution in [2.24, 2.45) is 5.92 Å². The van der Waals surface area contributed by atoms with Crippen LogP contribution in [0.4, 0.5) is 5.69 Å². The van der Waals surface area contributed by atoms with Gasteiger partial charge < -0.3 is 19.4 Å². The Hall–Kier alpha value is -5.43. The van der Waals surface area contributed by atoms with Crippen molar-refractivity contribution in [2.45, 2.75) is 30.8 Å². The van der Waals surface area contributed by atoms with E-state index < -0.39 is 29.2 Å². The highest BCUT2D eigenvalue weighted by Crippen LogP contribution is 2.62. The fourth-order valence-corrected chi connectivity index (χ4v) is 7.59. The molecular weight excluding hydrogens is 564 g/mol.